The molecule has 0 aliphatic carbocycles. The standard InChI is InChI=1S/C42H32N6/c1-4-10-32(11-5-1)34-16-18-36(19-17-34)41(47-30-43-28-45-47)37-22-26-40(27-23-37)42(48-31-44-29-46-48,38-14-8-3-9-15-38)39-24-20-35(21-25-39)33-12-6-2-7-13-33/h1-31,41H. The third-order valence-corrected chi connectivity index (χ3v) is 9.04. The summed E-state index contributed by atoms with van der Waals surface area (Å²) in [5.41, 5.74) is 9.36. The Morgan fingerprint density at radius 1 is 0.396 bits per heavy atom. The van der Waals surface area contributed by atoms with Gasteiger partial charge in [0.05, 0.1) is 0 Å². The van der Waals surface area contributed by atoms with Gasteiger partial charge in [-0.15, -0.1) is 0 Å². The molecule has 2 heterocycles. The molecule has 0 aliphatic heterocycles. The van der Waals surface area contributed by atoms with Crippen LogP contribution < -0.4 is 0 Å². The Morgan fingerprint density at radius 2 is 0.812 bits per heavy atom. The lowest BCUT2D eigenvalue weighted by Gasteiger charge is -2.36. The van der Waals surface area contributed by atoms with Gasteiger partial charge >= 0.3 is 0 Å². The molecule has 230 valence electrons. The van der Waals surface area contributed by atoms with E-state index in [0.717, 1.165) is 33.4 Å². The highest BCUT2D eigenvalue weighted by Gasteiger charge is 2.39. The lowest BCUT2D eigenvalue weighted by molar-refractivity contribution is 0.458. The lowest BCUT2D eigenvalue weighted by atomic mass is 9.76. The Bertz CT molecular complexity index is 2180. The minimum absolute atomic E-state index is 0.158. The molecular weight excluding hydrogens is 589 g/mol. The van der Waals surface area contributed by atoms with Gasteiger partial charge in [0.25, 0.3) is 0 Å². The van der Waals surface area contributed by atoms with Crippen LogP contribution in [0.15, 0.2) is 189 Å². The van der Waals surface area contributed by atoms with Gasteiger partial charge in [0.15, 0.2) is 0 Å². The van der Waals surface area contributed by atoms with Crippen LogP contribution in [-0.2, 0) is 5.54 Å². The number of rotatable bonds is 9. The summed E-state index contributed by atoms with van der Waals surface area (Å²) in [5.74, 6) is 0. The van der Waals surface area contributed by atoms with Gasteiger partial charge in [-0.1, -0.05) is 164 Å². The minimum atomic E-state index is -0.772. The Morgan fingerprint density at radius 3 is 1.31 bits per heavy atom. The smallest absolute Gasteiger partial charge is 0.139 e. The largest absolute Gasteiger partial charge is 0.241 e. The predicted molar refractivity (Wildman–Crippen MR) is 189 cm³/mol. The molecule has 0 amide bonds. The van der Waals surface area contributed by atoms with Crippen molar-refractivity contribution >= 4 is 0 Å². The first kappa shape index (κ1) is 29.0. The average molecular weight is 621 g/mol. The fourth-order valence-electron chi connectivity index (χ4n) is 6.74. The molecule has 2 aromatic heterocycles. The van der Waals surface area contributed by atoms with E-state index in [9.17, 15) is 0 Å². The fourth-order valence-corrected chi connectivity index (χ4v) is 6.74. The Balaban J connectivity index is 1.25. The third kappa shape index (κ3) is 5.29. The van der Waals surface area contributed by atoms with Gasteiger partial charge < -0.3 is 0 Å². The highest BCUT2D eigenvalue weighted by atomic mass is 15.4. The molecule has 2 unspecified atom stereocenters. The molecule has 0 aliphatic rings. The SMILES string of the molecule is c1ccc(-c2ccc(C(c3ccc(C(c4ccccc4)(c4ccc(-c5ccccc5)cc4)n4cncn4)cc3)n3cncn3)cc2)cc1. The highest BCUT2D eigenvalue weighted by molar-refractivity contribution is 5.65. The first-order chi connectivity index (χ1) is 23.8. The van der Waals surface area contributed by atoms with Crippen LogP contribution >= 0.6 is 0 Å². The van der Waals surface area contributed by atoms with Gasteiger partial charge in [-0.05, 0) is 50.1 Å². The molecule has 6 heteroatoms. The van der Waals surface area contributed by atoms with Crippen LogP contribution in [-0.4, -0.2) is 29.5 Å². The normalized spacial score (nSPS) is 13.1. The molecule has 0 radical (unpaired) electrons. The number of hydrogen-bond acceptors (Lipinski definition) is 4. The van der Waals surface area contributed by atoms with Crippen molar-refractivity contribution in [2.24, 2.45) is 0 Å². The summed E-state index contributed by atoms with van der Waals surface area (Å²) in [4.78, 5) is 8.70. The van der Waals surface area contributed by atoms with Gasteiger partial charge in [0, 0.05) is 0 Å². The Kier molecular flexibility index (Phi) is 7.73. The summed E-state index contributed by atoms with van der Waals surface area (Å²) in [6.45, 7) is 0. The van der Waals surface area contributed by atoms with E-state index in [2.05, 4.69) is 161 Å². The molecule has 0 saturated heterocycles. The molecule has 8 aromatic rings. The first-order valence-corrected chi connectivity index (χ1v) is 16.0. The molecule has 48 heavy (non-hydrogen) atoms. The van der Waals surface area contributed by atoms with Gasteiger partial charge in [-0.25, -0.2) is 19.3 Å². The van der Waals surface area contributed by atoms with E-state index < -0.39 is 5.54 Å². The zero-order valence-electron chi connectivity index (χ0n) is 26.2. The van der Waals surface area contributed by atoms with Crippen molar-refractivity contribution in [2.75, 3.05) is 0 Å². The van der Waals surface area contributed by atoms with Crippen molar-refractivity contribution in [1.29, 1.82) is 0 Å². The van der Waals surface area contributed by atoms with Crippen molar-refractivity contribution in [2.45, 2.75) is 11.6 Å². The monoisotopic (exact) mass is 620 g/mol. The Hall–Kier alpha value is -6.40. The zero-order valence-corrected chi connectivity index (χ0v) is 26.2. The second kappa shape index (κ2) is 12.8. The van der Waals surface area contributed by atoms with E-state index in [4.69, 9.17) is 5.10 Å². The molecule has 8 rings (SSSR count). The third-order valence-electron chi connectivity index (χ3n) is 9.04. The van der Waals surface area contributed by atoms with Crippen molar-refractivity contribution in [3.63, 3.8) is 0 Å². The molecule has 0 fully saturated rings. The summed E-state index contributed by atoms with van der Waals surface area (Å²) < 4.78 is 3.88. The minimum Gasteiger partial charge on any atom is -0.241 e. The fraction of sp³-hybridized carbons (Fsp3) is 0.0476. The maximum Gasteiger partial charge on any atom is 0.139 e. The van der Waals surface area contributed by atoms with Crippen LogP contribution in [0.5, 0.6) is 0 Å². The van der Waals surface area contributed by atoms with Crippen molar-refractivity contribution in [3.05, 3.63) is 217 Å². The van der Waals surface area contributed by atoms with Crippen LogP contribution in [0.1, 0.15) is 33.9 Å². The summed E-state index contributed by atoms with van der Waals surface area (Å²) >= 11 is 0. The molecule has 0 saturated carbocycles. The van der Waals surface area contributed by atoms with Gasteiger partial charge in [0.1, 0.15) is 36.9 Å². The van der Waals surface area contributed by atoms with Crippen LogP contribution in [0.25, 0.3) is 22.3 Å². The quantitative estimate of drug-likeness (QED) is 0.152. The second-order valence-electron chi connectivity index (χ2n) is 11.7. The van der Waals surface area contributed by atoms with Crippen LogP contribution in [0.3, 0.4) is 0 Å². The summed E-state index contributed by atoms with van der Waals surface area (Å²) in [6, 6.07) is 57.5. The predicted octanol–water partition coefficient (Wildman–Crippen LogP) is 8.68. The lowest BCUT2D eigenvalue weighted by Crippen LogP contribution is -2.38. The summed E-state index contributed by atoms with van der Waals surface area (Å²) in [6.07, 6.45) is 6.77. The molecular formula is C42H32N6. The van der Waals surface area contributed by atoms with E-state index >= 15 is 0 Å². The first-order valence-electron chi connectivity index (χ1n) is 16.0. The van der Waals surface area contributed by atoms with E-state index in [1.807, 2.05) is 27.6 Å². The molecule has 6 nitrogen and oxygen atoms in total. The van der Waals surface area contributed by atoms with Crippen LogP contribution in [0, 0.1) is 0 Å². The van der Waals surface area contributed by atoms with E-state index in [1.165, 1.54) is 16.7 Å². The summed E-state index contributed by atoms with van der Waals surface area (Å²) in [7, 11) is 0. The van der Waals surface area contributed by atoms with Gasteiger partial charge in [-0.3, -0.25) is 0 Å². The average Bonchev–Trinajstić information content (AvgIpc) is 3.91. The van der Waals surface area contributed by atoms with Crippen molar-refractivity contribution < 1.29 is 0 Å². The highest BCUT2D eigenvalue weighted by Crippen LogP contribution is 2.41. The van der Waals surface area contributed by atoms with E-state index in [1.54, 1.807) is 25.3 Å². The maximum absolute atomic E-state index is 4.76. The van der Waals surface area contributed by atoms with Crippen molar-refractivity contribution in [1.82, 2.24) is 29.5 Å². The van der Waals surface area contributed by atoms with E-state index in [0.29, 0.717) is 0 Å². The van der Waals surface area contributed by atoms with Crippen LogP contribution in [0.4, 0.5) is 0 Å². The van der Waals surface area contributed by atoms with Crippen molar-refractivity contribution in [3.8, 4) is 22.3 Å². The van der Waals surface area contributed by atoms with Gasteiger partial charge in [-0.2, -0.15) is 10.2 Å². The summed E-state index contributed by atoms with van der Waals surface area (Å²) in [5, 5.41) is 9.33. The molecule has 2 atom stereocenters. The number of hydrogen-bond donors (Lipinski definition) is 0. The Labute approximate surface area is 279 Å². The molecule has 0 N–H and O–H groups in total. The number of aromatic nitrogens is 6. The zero-order chi connectivity index (χ0) is 32.2. The number of nitrogens with zero attached hydrogens (tertiary/aromatic N) is 6. The van der Waals surface area contributed by atoms with E-state index in [-0.39, 0.29) is 6.04 Å². The van der Waals surface area contributed by atoms with Gasteiger partial charge in [0.2, 0.25) is 0 Å². The number of benzene rings is 6. The maximum atomic E-state index is 4.76. The molecule has 6 aromatic carbocycles. The van der Waals surface area contributed by atoms with Crippen LogP contribution in [0.2, 0.25) is 0 Å². The topological polar surface area (TPSA) is 61.4 Å². The molecule has 0 spiro atoms. The second-order valence-corrected chi connectivity index (χ2v) is 11.7. The molecule has 0 bridgehead atoms.